The fraction of sp³-hybridized carbons (Fsp3) is 0.200. The van der Waals surface area contributed by atoms with Crippen LogP contribution < -0.4 is 5.32 Å². The summed E-state index contributed by atoms with van der Waals surface area (Å²) in [5.74, 6) is -0.116. The van der Waals surface area contributed by atoms with Crippen LogP contribution in [0.5, 0.6) is 0 Å². The predicted molar refractivity (Wildman–Crippen MR) is 136 cm³/mol. The molecule has 1 atom stereocenters. The van der Waals surface area contributed by atoms with Crippen LogP contribution in [-0.4, -0.2) is 30.7 Å². The van der Waals surface area contributed by atoms with Crippen molar-refractivity contribution in [3.05, 3.63) is 70.6 Å². The Hall–Kier alpha value is -3.23. The lowest BCUT2D eigenvalue weighted by Gasteiger charge is -2.13. The molecule has 0 bridgehead atoms. The van der Waals surface area contributed by atoms with E-state index >= 15 is 0 Å². The minimum Gasteiger partial charge on any atom is -0.301 e. The SMILES string of the molecule is Cc1cc(C)c2c(c1)c(C)cc1nnc(SC(C)C(=O)Nc3nc(-c4ccccc4)cs3)n12. The molecule has 5 rings (SSSR count). The topological polar surface area (TPSA) is 72.2 Å². The first-order valence-corrected chi connectivity index (χ1v) is 12.4. The zero-order chi connectivity index (χ0) is 23.1. The predicted octanol–water partition coefficient (Wildman–Crippen LogP) is 6.05. The van der Waals surface area contributed by atoms with Gasteiger partial charge in [0.05, 0.1) is 16.5 Å². The van der Waals surface area contributed by atoms with E-state index in [2.05, 4.69) is 57.8 Å². The standard InChI is InChI=1S/C25H23N5OS2/c1-14-10-16(3)22-19(11-14)15(2)12-21-28-29-25(30(21)22)33-17(4)23(31)27-24-26-20(13-32-24)18-8-6-5-7-9-18/h5-13,17H,1-4H3,(H,26,27,31). The molecule has 8 heteroatoms. The van der Waals surface area contributed by atoms with E-state index in [1.807, 2.05) is 48.7 Å². The highest BCUT2D eigenvalue weighted by Gasteiger charge is 2.21. The molecular weight excluding hydrogens is 450 g/mol. The Morgan fingerprint density at radius 1 is 1.06 bits per heavy atom. The van der Waals surface area contributed by atoms with Crippen molar-refractivity contribution < 1.29 is 4.79 Å². The molecule has 0 saturated carbocycles. The first kappa shape index (κ1) is 21.6. The van der Waals surface area contributed by atoms with Crippen molar-refractivity contribution in [2.24, 2.45) is 0 Å². The summed E-state index contributed by atoms with van der Waals surface area (Å²) in [7, 11) is 0. The van der Waals surface area contributed by atoms with E-state index in [-0.39, 0.29) is 11.2 Å². The number of benzene rings is 2. The highest BCUT2D eigenvalue weighted by atomic mass is 32.2. The first-order valence-electron chi connectivity index (χ1n) is 10.6. The number of hydrogen-bond donors (Lipinski definition) is 1. The van der Waals surface area contributed by atoms with Crippen LogP contribution in [0.1, 0.15) is 23.6 Å². The molecule has 6 nitrogen and oxygen atoms in total. The van der Waals surface area contributed by atoms with Gasteiger partial charge >= 0.3 is 0 Å². The third kappa shape index (κ3) is 4.12. The lowest BCUT2D eigenvalue weighted by molar-refractivity contribution is -0.115. The Kier molecular flexibility index (Phi) is 5.64. The van der Waals surface area contributed by atoms with Gasteiger partial charge in [0.2, 0.25) is 5.91 Å². The number of thioether (sulfide) groups is 1. The number of carbonyl (C=O) groups excluding carboxylic acids is 1. The average molecular weight is 474 g/mol. The van der Waals surface area contributed by atoms with Crippen molar-refractivity contribution in [3.8, 4) is 11.3 Å². The lowest BCUT2D eigenvalue weighted by atomic mass is 10.0. The minimum atomic E-state index is -0.372. The number of aromatic nitrogens is 4. The molecule has 3 aromatic heterocycles. The van der Waals surface area contributed by atoms with Gasteiger partial charge in [-0.15, -0.1) is 21.5 Å². The molecule has 1 unspecified atom stereocenters. The van der Waals surface area contributed by atoms with E-state index < -0.39 is 0 Å². The van der Waals surface area contributed by atoms with E-state index in [1.165, 1.54) is 34.0 Å². The van der Waals surface area contributed by atoms with Gasteiger partial charge in [0, 0.05) is 16.3 Å². The molecule has 0 saturated heterocycles. The van der Waals surface area contributed by atoms with E-state index in [0.29, 0.717) is 10.3 Å². The summed E-state index contributed by atoms with van der Waals surface area (Å²) in [5.41, 5.74) is 7.30. The Morgan fingerprint density at radius 3 is 2.64 bits per heavy atom. The number of pyridine rings is 1. The summed E-state index contributed by atoms with van der Waals surface area (Å²) in [5, 5.41) is 15.8. The van der Waals surface area contributed by atoms with E-state index in [0.717, 1.165) is 33.5 Å². The van der Waals surface area contributed by atoms with Crippen LogP contribution in [0, 0.1) is 20.8 Å². The molecule has 33 heavy (non-hydrogen) atoms. The fourth-order valence-electron chi connectivity index (χ4n) is 3.98. The molecule has 0 aliphatic rings. The number of aryl methyl sites for hydroxylation is 3. The summed E-state index contributed by atoms with van der Waals surface area (Å²) >= 11 is 2.82. The van der Waals surface area contributed by atoms with Crippen molar-refractivity contribution in [1.82, 2.24) is 19.6 Å². The van der Waals surface area contributed by atoms with Crippen LogP contribution in [0.3, 0.4) is 0 Å². The third-order valence-corrected chi connectivity index (χ3v) is 7.35. The van der Waals surface area contributed by atoms with Gasteiger partial charge < -0.3 is 5.32 Å². The minimum absolute atomic E-state index is 0.116. The van der Waals surface area contributed by atoms with Crippen molar-refractivity contribution in [2.75, 3.05) is 5.32 Å². The Labute approximate surface area is 200 Å². The van der Waals surface area contributed by atoms with Crippen molar-refractivity contribution >= 4 is 50.7 Å². The van der Waals surface area contributed by atoms with Gasteiger partial charge in [-0.05, 0) is 51.0 Å². The summed E-state index contributed by atoms with van der Waals surface area (Å²) in [4.78, 5) is 17.5. The molecule has 0 radical (unpaired) electrons. The number of anilines is 1. The quantitative estimate of drug-likeness (QED) is 0.315. The fourth-order valence-corrected chi connectivity index (χ4v) is 5.56. The third-order valence-electron chi connectivity index (χ3n) is 5.55. The Balaban J connectivity index is 1.40. The summed E-state index contributed by atoms with van der Waals surface area (Å²) in [6.45, 7) is 8.17. The first-order chi connectivity index (χ1) is 15.9. The Bertz CT molecular complexity index is 1490. The number of amides is 1. The average Bonchev–Trinajstić information content (AvgIpc) is 3.41. The lowest BCUT2D eigenvalue weighted by Crippen LogP contribution is -2.22. The van der Waals surface area contributed by atoms with Gasteiger partial charge in [-0.2, -0.15) is 0 Å². The second kappa shape index (κ2) is 8.61. The molecule has 1 N–H and O–H groups in total. The molecule has 3 heterocycles. The second-order valence-corrected chi connectivity index (χ2v) is 10.3. The maximum Gasteiger partial charge on any atom is 0.239 e. The monoisotopic (exact) mass is 473 g/mol. The van der Waals surface area contributed by atoms with Gasteiger partial charge in [-0.25, -0.2) is 4.98 Å². The Morgan fingerprint density at radius 2 is 1.85 bits per heavy atom. The van der Waals surface area contributed by atoms with Crippen molar-refractivity contribution in [1.29, 1.82) is 0 Å². The van der Waals surface area contributed by atoms with Gasteiger partial charge in [-0.3, -0.25) is 9.20 Å². The number of fused-ring (bicyclic) bond motifs is 3. The van der Waals surface area contributed by atoms with E-state index in [9.17, 15) is 4.79 Å². The number of carbonyl (C=O) groups is 1. The van der Waals surface area contributed by atoms with Crippen LogP contribution in [-0.2, 0) is 4.79 Å². The number of rotatable bonds is 5. The van der Waals surface area contributed by atoms with Crippen LogP contribution in [0.15, 0.2) is 59.1 Å². The maximum atomic E-state index is 12.9. The zero-order valence-corrected chi connectivity index (χ0v) is 20.4. The van der Waals surface area contributed by atoms with E-state index in [1.54, 1.807) is 0 Å². The number of nitrogens with one attached hydrogen (secondary N) is 1. The van der Waals surface area contributed by atoms with Gasteiger partial charge in [0.25, 0.3) is 0 Å². The second-order valence-electron chi connectivity index (χ2n) is 8.13. The summed E-state index contributed by atoms with van der Waals surface area (Å²) in [6, 6.07) is 16.3. The van der Waals surface area contributed by atoms with Crippen LogP contribution in [0.25, 0.3) is 27.8 Å². The largest absolute Gasteiger partial charge is 0.301 e. The molecule has 166 valence electrons. The van der Waals surface area contributed by atoms with Gasteiger partial charge in [0.15, 0.2) is 15.9 Å². The van der Waals surface area contributed by atoms with Gasteiger partial charge in [-0.1, -0.05) is 53.7 Å². The summed E-state index contributed by atoms with van der Waals surface area (Å²) in [6.07, 6.45) is 0. The smallest absolute Gasteiger partial charge is 0.239 e. The molecule has 1 amide bonds. The highest BCUT2D eigenvalue weighted by Crippen LogP contribution is 2.31. The highest BCUT2D eigenvalue weighted by molar-refractivity contribution is 8.00. The maximum absolute atomic E-state index is 12.9. The number of nitrogens with zero attached hydrogens (tertiary/aromatic N) is 4. The van der Waals surface area contributed by atoms with Crippen LogP contribution >= 0.6 is 23.1 Å². The van der Waals surface area contributed by atoms with Crippen LogP contribution in [0.2, 0.25) is 0 Å². The molecule has 0 aliphatic heterocycles. The van der Waals surface area contributed by atoms with Crippen molar-refractivity contribution in [2.45, 2.75) is 38.1 Å². The molecular formula is C25H23N5OS2. The van der Waals surface area contributed by atoms with Gasteiger partial charge in [0.1, 0.15) is 0 Å². The zero-order valence-electron chi connectivity index (χ0n) is 18.8. The summed E-state index contributed by atoms with van der Waals surface area (Å²) < 4.78 is 2.06. The van der Waals surface area contributed by atoms with E-state index in [4.69, 9.17) is 0 Å². The normalized spacial score (nSPS) is 12.4. The molecule has 5 aromatic rings. The van der Waals surface area contributed by atoms with Crippen LogP contribution in [0.4, 0.5) is 5.13 Å². The molecule has 0 fully saturated rings. The molecule has 2 aromatic carbocycles. The number of thiazole rings is 1. The molecule has 0 aliphatic carbocycles. The van der Waals surface area contributed by atoms with Crippen molar-refractivity contribution in [3.63, 3.8) is 0 Å². The number of hydrogen-bond acceptors (Lipinski definition) is 6. The molecule has 0 spiro atoms.